The molecule has 0 aromatic heterocycles. The van der Waals surface area contributed by atoms with Gasteiger partial charge in [-0.05, 0) is 96.3 Å². The van der Waals surface area contributed by atoms with E-state index in [1.54, 1.807) is 0 Å². The molecule has 1 unspecified atom stereocenters. The summed E-state index contributed by atoms with van der Waals surface area (Å²) in [7, 11) is 0. The van der Waals surface area contributed by atoms with E-state index >= 15 is 0 Å². The fourth-order valence-corrected chi connectivity index (χ4v) is 8.67. The number of allylic oxidation sites excluding steroid dienone is 6. The summed E-state index contributed by atoms with van der Waals surface area (Å²) in [5, 5.41) is 0. The first kappa shape index (κ1) is 64.1. The summed E-state index contributed by atoms with van der Waals surface area (Å²) in [6, 6.07) is 0. The van der Waals surface area contributed by atoms with Crippen LogP contribution >= 0.6 is 0 Å². The number of hydrogen-bond acceptors (Lipinski definition) is 5. The summed E-state index contributed by atoms with van der Waals surface area (Å²) in [6.07, 6.45) is 70.2. The lowest BCUT2D eigenvalue weighted by Gasteiger charge is -2.18. The number of esters is 2. The van der Waals surface area contributed by atoms with Gasteiger partial charge in [0.2, 0.25) is 0 Å². The molecule has 5 nitrogen and oxygen atoms in total. The molecule has 0 aromatic carbocycles. The van der Waals surface area contributed by atoms with Gasteiger partial charge in [-0.3, -0.25) is 9.59 Å². The van der Waals surface area contributed by atoms with E-state index in [9.17, 15) is 9.59 Å². The first-order chi connectivity index (χ1) is 32.6. The highest BCUT2D eigenvalue weighted by atomic mass is 16.6. The van der Waals surface area contributed by atoms with Crippen LogP contribution in [-0.2, 0) is 23.8 Å². The van der Waals surface area contributed by atoms with Crippen LogP contribution in [0.1, 0.15) is 316 Å². The lowest BCUT2D eigenvalue weighted by atomic mass is 10.1. The number of carbonyl (C=O) groups is 2. The predicted molar refractivity (Wildman–Crippen MR) is 288 cm³/mol. The minimum atomic E-state index is -0.540. The minimum absolute atomic E-state index is 0.0839. The van der Waals surface area contributed by atoms with E-state index < -0.39 is 6.10 Å². The number of unbranched alkanes of at least 4 members (excludes halogenated alkanes) is 38. The van der Waals surface area contributed by atoms with Gasteiger partial charge in [0.05, 0.1) is 6.61 Å². The van der Waals surface area contributed by atoms with E-state index in [2.05, 4.69) is 57.2 Å². The van der Waals surface area contributed by atoms with Crippen LogP contribution in [0.5, 0.6) is 0 Å². The second kappa shape index (κ2) is 57.4. The smallest absolute Gasteiger partial charge is 0.306 e. The van der Waals surface area contributed by atoms with Crippen LogP contribution in [0.3, 0.4) is 0 Å². The molecule has 0 heterocycles. The van der Waals surface area contributed by atoms with Gasteiger partial charge in [0.1, 0.15) is 6.61 Å². The van der Waals surface area contributed by atoms with E-state index in [1.165, 1.54) is 231 Å². The molecule has 0 saturated carbocycles. The second-order valence-corrected chi connectivity index (χ2v) is 19.9. The van der Waals surface area contributed by atoms with Crippen molar-refractivity contribution in [3.8, 4) is 0 Å². The van der Waals surface area contributed by atoms with Gasteiger partial charge in [-0.1, -0.05) is 243 Å². The zero-order valence-electron chi connectivity index (χ0n) is 44.7. The van der Waals surface area contributed by atoms with Gasteiger partial charge in [-0.2, -0.15) is 0 Å². The van der Waals surface area contributed by atoms with Crippen molar-refractivity contribution in [3.63, 3.8) is 0 Å². The molecule has 0 rings (SSSR count). The van der Waals surface area contributed by atoms with Crippen LogP contribution in [-0.4, -0.2) is 37.9 Å². The first-order valence-electron chi connectivity index (χ1n) is 29.5. The van der Waals surface area contributed by atoms with Crippen molar-refractivity contribution in [2.45, 2.75) is 322 Å². The quantitative estimate of drug-likeness (QED) is 0.0345. The summed E-state index contributed by atoms with van der Waals surface area (Å²) in [5.41, 5.74) is 0. The Hall–Kier alpha value is -1.88. The Bertz CT molecular complexity index is 1050. The molecule has 5 heteroatoms. The molecule has 0 spiro atoms. The van der Waals surface area contributed by atoms with Crippen LogP contribution in [0.15, 0.2) is 36.5 Å². The summed E-state index contributed by atoms with van der Waals surface area (Å²) in [4.78, 5) is 25.5. The van der Waals surface area contributed by atoms with Gasteiger partial charge in [0, 0.05) is 19.4 Å². The number of ether oxygens (including phenoxy) is 3. The molecular formula is C61H114O5. The summed E-state index contributed by atoms with van der Waals surface area (Å²) >= 11 is 0. The predicted octanol–water partition coefficient (Wildman–Crippen LogP) is 20.1. The van der Waals surface area contributed by atoms with Crippen molar-refractivity contribution in [2.24, 2.45) is 0 Å². The normalized spacial score (nSPS) is 12.3. The van der Waals surface area contributed by atoms with E-state index in [4.69, 9.17) is 14.2 Å². The van der Waals surface area contributed by atoms with Gasteiger partial charge in [-0.25, -0.2) is 0 Å². The molecule has 0 amide bonds. The summed E-state index contributed by atoms with van der Waals surface area (Å²) in [6.45, 7) is 7.84. The topological polar surface area (TPSA) is 61.8 Å². The molecule has 66 heavy (non-hydrogen) atoms. The van der Waals surface area contributed by atoms with Gasteiger partial charge < -0.3 is 14.2 Å². The van der Waals surface area contributed by atoms with Crippen LogP contribution < -0.4 is 0 Å². The zero-order chi connectivity index (χ0) is 47.7. The van der Waals surface area contributed by atoms with Crippen molar-refractivity contribution >= 4 is 11.9 Å². The van der Waals surface area contributed by atoms with Crippen molar-refractivity contribution in [3.05, 3.63) is 36.5 Å². The van der Waals surface area contributed by atoms with E-state index in [0.29, 0.717) is 19.4 Å². The third-order valence-corrected chi connectivity index (χ3v) is 13.1. The third kappa shape index (κ3) is 54.7. The van der Waals surface area contributed by atoms with Crippen molar-refractivity contribution in [2.75, 3.05) is 19.8 Å². The highest BCUT2D eigenvalue weighted by Gasteiger charge is 2.17. The number of rotatable bonds is 55. The van der Waals surface area contributed by atoms with Crippen molar-refractivity contribution < 1.29 is 23.8 Å². The molecule has 0 aliphatic rings. The Balaban J connectivity index is 4.22. The van der Waals surface area contributed by atoms with Gasteiger partial charge >= 0.3 is 11.9 Å². The Morgan fingerprint density at radius 1 is 0.318 bits per heavy atom. The van der Waals surface area contributed by atoms with Gasteiger partial charge in [-0.15, -0.1) is 0 Å². The third-order valence-electron chi connectivity index (χ3n) is 13.1. The molecule has 0 N–H and O–H groups in total. The van der Waals surface area contributed by atoms with E-state index in [-0.39, 0.29) is 25.2 Å². The molecular weight excluding hydrogens is 813 g/mol. The molecule has 0 fully saturated rings. The molecule has 1 atom stereocenters. The Morgan fingerprint density at radius 3 is 0.939 bits per heavy atom. The van der Waals surface area contributed by atoms with Gasteiger partial charge in [0.25, 0.3) is 0 Å². The second-order valence-electron chi connectivity index (χ2n) is 19.9. The molecule has 0 bridgehead atoms. The molecule has 0 aromatic rings. The van der Waals surface area contributed by atoms with E-state index in [0.717, 1.165) is 51.4 Å². The average molecular weight is 928 g/mol. The summed E-state index contributed by atoms with van der Waals surface area (Å²) < 4.78 is 17.5. The zero-order valence-corrected chi connectivity index (χ0v) is 44.7. The van der Waals surface area contributed by atoms with Crippen LogP contribution in [0.2, 0.25) is 0 Å². The van der Waals surface area contributed by atoms with E-state index in [1.807, 2.05) is 0 Å². The molecule has 0 saturated heterocycles. The fraction of sp³-hybridized carbons (Fsp3) is 0.869. The molecule has 0 aliphatic carbocycles. The minimum Gasteiger partial charge on any atom is -0.462 e. The number of hydrogen-bond donors (Lipinski definition) is 0. The lowest BCUT2D eigenvalue weighted by Crippen LogP contribution is -2.30. The Kier molecular flexibility index (Phi) is 55.8. The van der Waals surface area contributed by atoms with Crippen LogP contribution in [0.4, 0.5) is 0 Å². The van der Waals surface area contributed by atoms with Crippen molar-refractivity contribution in [1.29, 1.82) is 0 Å². The van der Waals surface area contributed by atoms with Gasteiger partial charge in [0.15, 0.2) is 6.10 Å². The molecule has 388 valence electrons. The maximum absolute atomic E-state index is 12.8. The largest absolute Gasteiger partial charge is 0.462 e. The SMILES string of the molecule is CCCCCC/C=C\CCCCCCCC(=O)OC(COCCCCCCCCCC/C=C\CCCCCCCC)COC(=O)CCCCCCCCCCC/C=C\CCCCCCCC. The maximum atomic E-state index is 12.8. The standard InChI is InChI=1S/C61H114O5/c1-4-7-10-13-16-19-22-25-27-29-31-32-34-37-39-42-45-48-51-54-60(62)65-58-59(66-61(63)55-52-49-46-43-40-36-24-21-18-15-12-9-6-3)57-64-56-53-50-47-44-41-38-35-33-30-28-26-23-20-17-14-11-8-5-2/h21,24-28,59H,4-20,22-23,29-58H2,1-3H3/b24-21-,27-25-,28-26-. The molecule has 0 radical (unpaired) electrons. The monoisotopic (exact) mass is 927 g/mol. The van der Waals surface area contributed by atoms with Crippen LogP contribution in [0, 0.1) is 0 Å². The Morgan fingerprint density at radius 2 is 0.591 bits per heavy atom. The number of carbonyl (C=O) groups excluding carboxylic acids is 2. The lowest BCUT2D eigenvalue weighted by molar-refractivity contribution is -0.163. The maximum Gasteiger partial charge on any atom is 0.306 e. The highest BCUT2D eigenvalue weighted by Crippen LogP contribution is 2.16. The summed E-state index contributed by atoms with van der Waals surface area (Å²) in [5.74, 6) is -0.395. The first-order valence-corrected chi connectivity index (χ1v) is 29.5. The molecule has 0 aliphatic heterocycles. The fourth-order valence-electron chi connectivity index (χ4n) is 8.67. The highest BCUT2D eigenvalue weighted by molar-refractivity contribution is 5.70. The Labute approximate surface area is 412 Å². The average Bonchev–Trinajstić information content (AvgIpc) is 3.32. The van der Waals surface area contributed by atoms with Crippen LogP contribution in [0.25, 0.3) is 0 Å². The van der Waals surface area contributed by atoms with Crippen molar-refractivity contribution in [1.82, 2.24) is 0 Å².